The summed E-state index contributed by atoms with van der Waals surface area (Å²) in [7, 11) is 2.13. The molecule has 109 valence electrons. The zero-order valence-electron chi connectivity index (χ0n) is 11.6. The molecule has 0 saturated heterocycles. The third-order valence-electron chi connectivity index (χ3n) is 2.13. The first-order valence-corrected chi connectivity index (χ1v) is 7.85. The zero-order chi connectivity index (χ0) is 13.7. The second-order valence-electron chi connectivity index (χ2n) is 3.46. The molecule has 0 aromatic carbocycles. The normalized spacial score (nSPS) is 12.0. The summed E-state index contributed by atoms with van der Waals surface area (Å²) in [6.07, 6.45) is 0. The first-order valence-electron chi connectivity index (χ1n) is 5.92. The molecule has 0 amide bonds. The van der Waals surface area contributed by atoms with Gasteiger partial charge in [0.15, 0.2) is 0 Å². The van der Waals surface area contributed by atoms with Crippen LogP contribution in [0.5, 0.6) is 0 Å². The van der Waals surface area contributed by atoms with E-state index in [1.165, 1.54) is 0 Å². The maximum absolute atomic E-state index is 5.71. The maximum atomic E-state index is 5.71. The second-order valence-corrected chi connectivity index (χ2v) is 6.19. The Morgan fingerprint density at radius 3 is 1.22 bits per heavy atom. The number of hydrogen-bond acceptors (Lipinski definition) is 6. The monoisotopic (exact) mass is 281 g/mol. The molecule has 0 heterocycles. The van der Waals surface area contributed by atoms with Crippen LogP contribution in [0, 0.1) is 6.92 Å². The van der Waals surface area contributed by atoms with Gasteiger partial charge in [0.05, 0.1) is 39.6 Å². The van der Waals surface area contributed by atoms with Gasteiger partial charge in [-0.15, -0.1) is 0 Å². The summed E-state index contributed by atoms with van der Waals surface area (Å²) in [5, 5.41) is 0. The van der Waals surface area contributed by atoms with Crippen molar-refractivity contribution in [3.8, 4) is 0 Å². The molecule has 0 aliphatic carbocycles. The van der Waals surface area contributed by atoms with Crippen molar-refractivity contribution < 1.29 is 27.5 Å². The Hall–Kier alpha value is -0.0231. The van der Waals surface area contributed by atoms with Crippen molar-refractivity contribution in [2.45, 2.75) is 6.04 Å². The van der Waals surface area contributed by atoms with E-state index in [0.717, 1.165) is 0 Å². The fourth-order valence-corrected chi connectivity index (χ4v) is 3.05. The quantitative estimate of drug-likeness (QED) is 0.367. The van der Waals surface area contributed by atoms with E-state index in [2.05, 4.69) is 6.92 Å². The van der Waals surface area contributed by atoms with Crippen molar-refractivity contribution in [2.75, 3.05) is 61.0 Å². The fraction of sp³-hybridized carbons (Fsp3) is 0.909. The Kier molecular flexibility index (Phi) is 12.0. The van der Waals surface area contributed by atoms with Gasteiger partial charge in [-0.1, -0.05) is 0 Å². The number of rotatable bonds is 13. The van der Waals surface area contributed by atoms with E-state index in [0.29, 0.717) is 45.7 Å². The third-order valence-corrected chi connectivity index (χ3v) is 4.68. The summed E-state index contributed by atoms with van der Waals surface area (Å²) in [5.74, 6) is 0. The van der Waals surface area contributed by atoms with E-state index >= 15 is 0 Å². The van der Waals surface area contributed by atoms with Gasteiger partial charge in [0.1, 0.15) is 0 Å². The average Bonchev–Trinajstić information content (AvgIpc) is 2.39. The molecule has 0 rings (SSSR count). The number of ether oxygens (including phenoxy) is 3. The molecule has 1 radical (unpaired) electrons. The van der Waals surface area contributed by atoms with Crippen LogP contribution in [0.2, 0.25) is 6.04 Å². The molecule has 7 heteroatoms. The lowest BCUT2D eigenvalue weighted by Gasteiger charge is -2.28. The van der Waals surface area contributed by atoms with Gasteiger partial charge in [-0.25, -0.2) is 0 Å². The summed E-state index contributed by atoms with van der Waals surface area (Å²) in [5.41, 5.74) is 0. The van der Waals surface area contributed by atoms with Crippen molar-refractivity contribution in [1.82, 2.24) is 0 Å². The lowest BCUT2D eigenvalue weighted by atomic mass is 10.8. The molecule has 0 spiro atoms. The minimum atomic E-state index is -2.73. The van der Waals surface area contributed by atoms with E-state index in [1.807, 2.05) is 0 Å². The summed E-state index contributed by atoms with van der Waals surface area (Å²) in [6.45, 7) is 6.63. The van der Waals surface area contributed by atoms with Crippen LogP contribution >= 0.6 is 0 Å². The van der Waals surface area contributed by atoms with Gasteiger partial charge in [-0.05, 0) is 6.92 Å². The van der Waals surface area contributed by atoms with Gasteiger partial charge in [0.25, 0.3) is 0 Å². The zero-order valence-corrected chi connectivity index (χ0v) is 12.6. The maximum Gasteiger partial charge on any atom is 0.501 e. The molecule has 0 atom stereocenters. The minimum Gasteiger partial charge on any atom is -0.382 e. The predicted molar refractivity (Wildman–Crippen MR) is 69.4 cm³/mol. The highest BCUT2D eigenvalue weighted by Crippen LogP contribution is 2.15. The van der Waals surface area contributed by atoms with Gasteiger partial charge >= 0.3 is 8.80 Å². The molecule has 18 heavy (non-hydrogen) atoms. The predicted octanol–water partition coefficient (Wildman–Crippen LogP) is 0.748. The van der Waals surface area contributed by atoms with Crippen molar-refractivity contribution in [3.63, 3.8) is 0 Å². The van der Waals surface area contributed by atoms with Gasteiger partial charge in [-0.3, -0.25) is 0 Å². The largest absolute Gasteiger partial charge is 0.501 e. The second kappa shape index (κ2) is 12.0. The van der Waals surface area contributed by atoms with Gasteiger partial charge in [0, 0.05) is 27.4 Å². The SMILES string of the molecule is [CH2]C[Si](OCCOC)(OCCOC)OCCOC. The molecule has 0 fully saturated rings. The first-order chi connectivity index (χ1) is 8.74. The van der Waals surface area contributed by atoms with Crippen LogP contribution in [0.3, 0.4) is 0 Å². The molecule has 0 aliphatic rings. The van der Waals surface area contributed by atoms with E-state index in [1.54, 1.807) is 21.3 Å². The Labute approximate surface area is 111 Å². The Morgan fingerprint density at radius 1 is 0.667 bits per heavy atom. The molecule has 0 saturated carbocycles. The lowest BCUT2D eigenvalue weighted by molar-refractivity contribution is 0.0164. The van der Waals surface area contributed by atoms with Crippen LogP contribution in [0.1, 0.15) is 0 Å². The topological polar surface area (TPSA) is 55.4 Å². The molecule has 0 aliphatic heterocycles. The fourth-order valence-electron chi connectivity index (χ4n) is 1.18. The molecule has 0 N–H and O–H groups in total. The molecule has 0 bridgehead atoms. The van der Waals surface area contributed by atoms with Crippen LogP contribution in [-0.4, -0.2) is 69.8 Å². The van der Waals surface area contributed by atoms with Crippen molar-refractivity contribution in [1.29, 1.82) is 0 Å². The van der Waals surface area contributed by atoms with Crippen molar-refractivity contribution in [3.05, 3.63) is 6.92 Å². The van der Waals surface area contributed by atoms with Crippen LogP contribution in [-0.2, 0) is 27.5 Å². The highest BCUT2D eigenvalue weighted by molar-refractivity contribution is 6.60. The first kappa shape index (κ1) is 18.0. The number of methoxy groups -OCH3 is 3. The van der Waals surface area contributed by atoms with Crippen molar-refractivity contribution in [2.24, 2.45) is 0 Å². The minimum absolute atomic E-state index is 0.429. The summed E-state index contributed by atoms with van der Waals surface area (Å²) < 4.78 is 32.0. The molecular weight excluding hydrogens is 256 g/mol. The van der Waals surface area contributed by atoms with Crippen LogP contribution in [0.25, 0.3) is 0 Å². The van der Waals surface area contributed by atoms with Crippen molar-refractivity contribution >= 4 is 8.80 Å². The van der Waals surface area contributed by atoms with Crippen LogP contribution in [0.15, 0.2) is 0 Å². The van der Waals surface area contributed by atoms with Crippen LogP contribution in [0.4, 0.5) is 0 Å². The molecular formula is C11H25O6Si. The summed E-state index contributed by atoms with van der Waals surface area (Å²) in [6, 6.07) is 0.462. The molecule has 6 nitrogen and oxygen atoms in total. The highest BCUT2D eigenvalue weighted by atomic mass is 28.4. The van der Waals surface area contributed by atoms with Crippen LogP contribution < -0.4 is 0 Å². The Bertz CT molecular complexity index is 154. The standard InChI is InChI=1S/C11H25O6Si/c1-5-18(15-9-6-12-2,16-10-7-13-3)17-11-8-14-4/h1,5-11H2,2-4H3. The summed E-state index contributed by atoms with van der Waals surface area (Å²) in [4.78, 5) is 0. The lowest BCUT2D eigenvalue weighted by Crippen LogP contribution is -2.47. The molecule has 0 aromatic rings. The molecule has 0 unspecified atom stereocenters. The van der Waals surface area contributed by atoms with E-state index in [9.17, 15) is 0 Å². The average molecular weight is 281 g/mol. The van der Waals surface area contributed by atoms with E-state index in [4.69, 9.17) is 27.5 Å². The Morgan fingerprint density at radius 2 is 1.00 bits per heavy atom. The number of hydrogen-bond donors (Lipinski definition) is 0. The van der Waals surface area contributed by atoms with E-state index in [-0.39, 0.29) is 0 Å². The molecule has 0 aromatic heterocycles. The van der Waals surface area contributed by atoms with Gasteiger partial charge in [-0.2, -0.15) is 0 Å². The van der Waals surface area contributed by atoms with Gasteiger partial charge < -0.3 is 27.5 Å². The highest BCUT2D eigenvalue weighted by Gasteiger charge is 2.39. The Balaban J connectivity index is 4.20. The third kappa shape index (κ3) is 8.14. The van der Waals surface area contributed by atoms with E-state index < -0.39 is 8.80 Å². The summed E-state index contributed by atoms with van der Waals surface area (Å²) >= 11 is 0. The smallest absolute Gasteiger partial charge is 0.382 e. The van der Waals surface area contributed by atoms with Gasteiger partial charge in [0.2, 0.25) is 0 Å².